The Morgan fingerprint density at radius 3 is 2.48 bits per heavy atom. The maximum atomic E-state index is 14.0. The van der Waals surface area contributed by atoms with Gasteiger partial charge in [-0.25, -0.2) is 8.78 Å². The van der Waals surface area contributed by atoms with Crippen LogP contribution in [-0.4, -0.2) is 66.0 Å². The normalized spacial score (nSPS) is 22.2. The topological polar surface area (TPSA) is 78.7 Å². The summed E-state index contributed by atoms with van der Waals surface area (Å²) in [5.41, 5.74) is -0.455. The lowest BCUT2D eigenvalue weighted by Crippen LogP contribution is -2.57. The van der Waals surface area contributed by atoms with Crippen molar-refractivity contribution in [2.24, 2.45) is 5.92 Å². The predicted octanol–water partition coefficient (Wildman–Crippen LogP) is 3.46. The molecule has 1 aliphatic carbocycles. The van der Waals surface area contributed by atoms with E-state index in [0.717, 1.165) is 31.5 Å². The Morgan fingerprint density at radius 2 is 1.82 bits per heavy atom. The minimum atomic E-state index is -0.801. The molecule has 2 aliphatic rings. The van der Waals surface area contributed by atoms with Crippen LogP contribution < -0.4 is 5.32 Å². The molecule has 1 N–H and O–H groups in total. The number of hydrogen-bond acceptors (Lipinski definition) is 5. The van der Waals surface area contributed by atoms with Crippen molar-refractivity contribution in [2.45, 2.75) is 50.6 Å². The molecule has 2 fully saturated rings. The van der Waals surface area contributed by atoms with Crippen molar-refractivity contribution in [3.05, 3.63) is 41.6 Å². The van der Waals surface area contributed by atoms with Crippen molar-refractivity contribution in [2.75, 3.05) is 27.2 Å². The standard InChI is InChI=1S/C24H30F2N4O3/c1-29(2)24(32)16-14-30(15-7-4-3-5-8-15)12-11-19(16)27-23(31)20-13-21(33-28-20)22-17(25)9-6-10-18(22)26/h6,9-10,13,15-16,19H,3-5,7-8,11-12,14H2,1-2H3,(H,27,31). The van der Waals surface area contributed by atoms with Gasteiger partial charge in [0.25, 0.3) is 5.91 Å². The van der Waals surface area contributed by atoms with Crippen molar-refractivity contribution in [3.63, 3.8) is 0 Å². The Bertz CT molecular complexity index is 983. The molecule has 0 bridgehead atoms. The molecule has 1 aromatic carbocycles. The minimum absolute atomic E-state index is 0.0323. The van der Waals surface area contributed by atoms with Gasteiger partial charge >= 0.3 is 0 Å². The van der Waals surface area contributed by atoms with Crippen LogP contribution in [-0.2, 0) is 4.79 Å². The Labute approximate surface area is 192 Å². The first-order valence-electron chi connectivity index (χ1n) is 11.5. The summed E-state index contributed by atoms with van der Waals surface area (Å²) in [5, 5.41) is 6.62. The van der Waals surface area contributed by atoms with Gasteiger partial charge in [0, 0.05) is 45.3 Å². The first kappa shape index (κ1) is 23.4. The molecule has 1 aromatic heterocycles. The molecule has 1 saturated heterocycles. The zero-order valence-electron chi connectivity index (χ0n) is 19.0. The van der Waals surface area contributed by atoms with Crippen LogP contribution in [0.4, 0.5) is 8.78 Å². The quantitative estimate of drug-likeness (QED) is 0.739. The molecule has 9 heteroatoms. The molecule has 2 atom stereocenters. The lowest BCUT2D eigenvalue weighted by atomic mass is 9.86. The van der Waals surface area contributed by atoms with Gasteiger partial charge in [-0.1, -0.05) is 30.5 Å². The van der Waals surface area contributed by atoms with E-state index in [9.17, 15) is 18.4 Å². The minimum Gasteiger partial charge on any atom is -0.355 e. The SMILES string of the molecule is CN(C)C(=O)C1CN(C2CCCCC2)CCC1NC(=O)c1cc(-c2c(F)cccc2F)on1. The number of likely N-dealkylation sites (tertiary alicyclic amines) is 1. The molecule has 1 saturated carbocycles. The fraction of sp³-hybridized carbons (Fsp3) is 0.542. The van der Waals surface area contributed by atoms with Gasteiger partial charge in [0.2, 0.25) is 5.91 Å². The van der Waals surface area contributed by atoms with E-state index in [1.54, 1.807) is 19.0 Å². The van der Waals surface area contributed by atoms with E-state index in [1.807, 2.05) is 0 Å². The molecule has 33 heavy (non-hydrogen) atoms. The molecule has 4 rings (SSSR count). The van der Waals surface area contributed by atoms with Crippen LogP contribution in [0.5, 0.6) is 0 Å². The maximum Gasteiger partial charge on any atom is 0.273 e. The summed E-state index contributed by atoms with van der Waals surface area (Å²) in [6, 6.07) is 4.81. The van der Waals surface area contributed by atoms with Crippen molar-refractivity contribution >= 4 is 11.8 Å². The zero-order chi connectivity index (χ0) is 23.5. The number of rotatable bonds is 5. The maximum absolute atomic E-state index is 14.0. The van der Waals surface area contributed by atoms with Crippen LogP contribution in [0, 0.1) is 17.6 Å². The molecular weight excluding hydrogens is 430 g/mol. The van der Waals surface area contributed by atoms with Gasteiger partial charge in [-0.3, -0.25) is 14.5 Å². The van der Waals surface area contributed by atoms with Crippen LogP contribution in [0.15, 0.2) is 28.8 Å². The summed E-state index contributed by atoms with van der Waals surface area (Å²) in [7, 11) is 3.43. The van der Waals surface area contributed by atoms with Crippen LogP contribution in [0.3, 0.4) is 0 Å². The van der Waals surface area contributed by atoms with E-state index in [4.69, 9.17) is 4.52 Å². The third-order valence-electron chi connectivity index (χ3n) is 6.76. The van der Waals surface area contributed by atoms with Gasteiger partial charge < -0.3 is 14.7 Å². The number of nitrogens with zero attached hydrogens (tertiary/aromatic N) is 3. The Balaban J connectivity index is 1.48. The number of amides is 2. The molecule has 0 spiro atoms. The second-order valence-corrected chi connectivity index (χ2v) is 9.17. The van der Waals surface area contributed by atoms with Crippen LogP contribution in [0.1, 0.15) is 49.0 Å². The van der Waals surface area contributed by atoms with Crippen molar-refractivity contribution in [1.82, 2.24) is 20.3 Å². The van der Waals surface area contributed by atoms with Gasteiger partial charge in [-0.2, -0.15) is 0 Å². The van der Waals surface area contributed by atoms with E-state index in [1.165, 1.54) is 31.4 Å². The van der Waals surface area contributed by atoms with Gasteiger partial charge in [-0.15, -0.1) is 0 Å². The van der Waals surface area contributed by atoms with E-state index in [0.29, 0.717) is 19.0 Å². The molecule has 2 heterocycles. The van der Waals surface area contributed by atoms with Crippen LogP contribution in [0.25, 0.3) is 11.3 Å². The lowest BCUT2D eigenvalue weighted by Gasteiger charge is -2.43. The molecule has 7 nitrogen and oxygen atoms in total. The number of nitrogens with one attached hydrogen (secondary N) is 1. The van der Waals surface area contributed by atoms with E-state index in [2.05, 4.69) is 15.4 Å². The Hall–Kier alpha value is -2.81. The Kier molecular flexibility index (Phi) is 7.07. The number of carbonyl (C=O) groups excluding carboxylic acids is 2. The number of piperidine rings is 1. The predicted molar refractivity (Wildman–Crippen MR) is 118 cm³/mol. The van der Waals surface area contributed by atoms with Gasteiger partial charge in [0.1, 0.15) is 11.6 Å². The molecule has 1 aliphatic heterocycles. The van der Waals surface area contributed by atoms with Crippen molar-refractivity contribution < 1.29 is 22.9 Å². The Morgan fingerprint density at radius 1 is 1.12 bits per heavy atom. The van der Waals surface area contributed by atoms with Crippen LogP contribution in [0.2, 0.25) is 0 Å². The number of carbonyl (C=O) groups is 2. The summed E-state index contributed by atoms with van der Waals surface area (Å²) in [5.74, 6) is -2.71. The van der Waals surface area contributed by atoms with Gasteiger partial charge in [0.15, 0.2) is 11.5 Å². The zero-order valence-corrected chi connectivity index (χ0v) is 19.0. The third-order valence-corrected chi connectivity index (χ3v) is 6.76. The second-order valence-electron chi connectivity index (χ2n) is 9.17. The summed E-state index contributed by atoms with van der Waals surface area (Å²) < 4.78 is 33.2. The summed E-state index contributed by atoms with van der Waals surface area (Å²) in [6.07, 6.45) is 6.62. The van der Waals surface area contributed by atoms with Gasteiger partial charge in [0.05, 0.1) is 11.5 Å². The molecule has 2 aromatic rings. The van der Waals surface area contributed by atoms with E-state index >= 15 is 0 Å². The number of hydrogen-bond donors (Lipinski definition) is 1. The van der Waals surface area contributed by atoms with Crippen molar-refractivity contribution in [1.29, 1.82) is 0 Å². The highest BCUT2D eigenvalue weighted by molar-refractivity contribution is 5.94. The fourth-order valence-corrected chi connectivity index (χ4v) is 4.99. The summed E-state index contributed by atoms with van der Waals surface area (Å²) in [4.78, 5) is 29.8. The summed E-state index contributed by atoms with van der Waals surface area (Å²) >= 11 is 0. The van der Waals surface area contributed by atoms with Crippen molar-refractivity contribution in [3.8, 4) is 11.3 Å². The highest BCUT2D eigenvalue weighted by Crippen LogP contribution is 2.29. The average molecular weight is 461 g/mol. The first-order valence-corrected chi connectivity index (χ1v) is 11.5. The third kappa shape index (κ3) is 5.08. The monoisotopic (exact) mass is 460 g/mol. The van der Waals surface area contributed by atoms with E-state index in [-0.39, 0.29) is 34.9 Å². The number of halogens is 2. The van der Waals surface area contributed by atoms with Crippen LogP contribution >= 0.6 is 0 Å². The molecule has 178 valence electrons. The van der Waals surface area contributed by atoms with E-state index < -0.39 is 17.5 Å². The average Bonchev–Trinajstić information content (AvgIpc) is 3.29. The largest absolute Gasteiger partial charge is 0.355 e. The molecular formula is C24H30F2N4O3. The number of aromatic nitrogens is 1. The highest BCUT2D eigenvalue weighted by Gasteiger charge is 2.38. The molecule has 2 unspecified atom stereocenters. The molecule has 0 radical (unpaired) electrons. The molecule has 2 amide bonds. The smallest absolute Gasteiger partial charge is 0.273 e. The number of benzene rings is 1. The summed E-state index contributed by atoms with van der Waals surface area (Å²) in [6.45, 7) is 1.40. The second kappa shape index (κ2) is 9.99. The lowest BCUT2D eigenvalue weighted by molar-refractivity contribution is -0.136. The first-order chi connectivity index (χ1) is 15.8. The fourth-order valence-electron chi connectivity index (χ4n) is 4.99. The highest BCUT2D eigenvalue weighted by atomic mass is 19.1. The van der Waals surface area contributed by atoms with Gasteiger partial charge in [-0.05, 0) is 31.4 Å².